The van der Waals surface area contributed by atoms with E-state index in [9.17, 15) is 29.9 Å². The molecule has 1 heterocycles. The Morgan fingerprint density at radius 1 is 1.00 bits per heavy atom. The molecular weight excluding hydrogens is 412 g/mol. The Morgan fingerprint density at radius 3 is 2.34 bits per heavy atom. The van der Waals surface area contributed by atoms with Gasteiger partial charge in [-0.1, -0.05) is 42.0 Å². The van der Waals surface area contributed by atoms with Gasteiger partial charge in [-0.3, -0.25) is 24.6 Å². The molecule has 3 aromatic carbocycles. The number of non-ortho nitro benzene ring substituents is 1. The van der Waals surface area contributed by atoms with Gasteiger partial charge < -0.3 is 10.2 Å². The molecule has 4 rings (SSSR count). The minimum Gasteiger partial charge on any atom is -0.508 e. The van der Waals surface area contributed by atoms with Crippen LogP contribution in [0.5, 0.6) is 5.75 Å². The number of carbonyl (C=O) groups excluding carboxylic acids is 2. The summed E-state index contributed by atoms with van der Waals surface area (Å²) >= 11 is 0. The summed E-state index contributed by atoms with van der Waals surface area (Å²) in [6.07, 6.45) is 0. The third-order valence-corrected chi connectivity index (χ3v) is 5.27. The van der Waals surface area contributed by atoms with Crippen LogP contribution in [0.3, 0.4) is 0 Å². The van der Waals surface area contributed by atoms with Crippen LogP contribution in [0.25, 0.3) is 5.76 Å². The summed E-state index contributed by atoms with van der Waals surface area (Å²) in [5.74, 6) is -2.39. The highest BCUT2D eigenvalue weighted by Gasteiger charge is 2.47. The molecule has 2 N–H and O–H groups in total. The van der Waals surface area contributed by atoms with Crippen LogP contribution in [0.15, 0.2) is 78.4 Å². The van der Waals surface area contributed by atoms with Gasteiger partial charge in [0, 0.05) is 23.4 Å². The molecule has 3 aromatic rings. The van der Waals surface area contributed by atoms with Gasteiger partial charge in [0.1, 0.15) is 11.5 Å². The fourth-order valence-corrected chi connectivity index (χ4v) is 3.74. The van der Waals surface area contributed by atoms with Gasteiger partial charge in [-0.15, -0.1) is 0 Å². The van der Waals surface area contributed by atoms with Crippen molar-refractivity contribution in [1.82, 2.24) is 0 Å². The van der Waals surface area contributed by atoms with Crippen molar-refractivity contribution in [2.45, 2.75) is 13.0 Å². The molecule has 0 spiro atoms. The second kappa shape index (κ2) is 7.99. The number of aliphatic hydroxyl groups excluding tert-OH is 1. The van der Waals surface area contributed by atoms with E-state index in [1.165, 1.54) is 35.2 Å². The summed E-state index contributed by atoms with van der Waals surface area (Å²) in [6.45, 7) is 1.88. The minimum absolute atomic E-state index is 0.0336. The number of aliphatic hydroxyl groups is 1. The molecule has 0 aromatic heterocycles. The predicted molar refractivity (Wildman–Crippen MR) is 117 cm³/mol. The maximum absolute atomic E-state index is 13.1. The topological polar surface area (TPSA) is 121 Å². The van der Waals surface area contributed by atoms with Crippen LogP contribution in [0, 0.1) is 17.0 Å². The number of nitro benzene ring substituents is 1. The Hall–Kier alpha value is -4.46. The van der Waals surface area contributed by atoms with E-state index < -0.39 is 28.4 Å². The molecule has 1 unspecified atom stereocenters. The Morgan fingerprint density at radius 2 is 1.69 bits per heavy atom. The van der Waals surface area contributed by atoms with Crippen molar-refractivity contribution in [3.05, 3.63) is 105 Å². The highest BCUT2D eigenvalue weighted by molar-refractivity contribution is 6.51. The number of nitrogens with zero attached hydrogens (tertiary/aromatic N) is 2. The van der Waals surface area contributed by atoms with Crippen molar-refractivity contribution in [2.24, 2.45) is 0 Å². The molecule has 8 nitrogen and oxygen atoms in total. The smallest absolute Gasteiger partial charge is 0.300 e. The fraction of sp³-hybridized carbons (Fsp3) is 0.0833. The molecule has 0 aliphatic carbocycles. The number of phenols is 1. The summed E-state index contributed by atoms with van der Waals surface area (Å²) in [7, 11) is 0. The lowest BCUT2D eigenvalue weighted by Gasteiger charge is -2.25. The van der Waals surface area contributed by atoms with Crippen LogP contribution in [0.4, 0.5) is 11.4 Å². The normalized spacial score (nSPS) is 17.5. The van der Waals surface area contributed by atoms with Crippen molar-refractivity contribution in [2.75, 3.05) is 4.90 Å². The van der Waals surface area contributed by atoms with Crippen LogP contribution >= 0.6 is 0 Å². The lowest BCUT2D eigenvalue weighted by Crippen LogP contribution is -2.29. The quantitative estimate of drug-likeness (QED) is 0.210. The lowest BCUT2D eigenvalue weighted by molar-refractivity contribution is -0.384. The number of aromatic hydroxyl groups is 1. The summed E-state index contributed by atoms with van der Waals surface area (Å²) in [5, 5.41) is 32.2. The zero-order valence-corrected chi connectivity index (χ0v) is 16.9. The summed E-state index contributed by atoms with van der Waals surface area (Å²) in [5.41, 5.74) is 1.33. The number of amides is 1. The molecule has 1 fully saturated rings. The number of ketones is 1. The highest BCUT2D eigenvalue weighted by atomic mass is 16.6. The van der Waals surface area contributed by atoms with Gasteiger partial charge in [-0.25, -0.2) is 0 Å². The number of anilines is 1. The summed E-state index contributed by atoms with van der Waals surface area (Å²) < 4.78 is 0. The van der Waals surface area contributed by atoms with Crippen LogP contribution in [-0.4, -0.2) is 26.8 Å². The minimum atomic E-state index is -1.04. The predicted octanol–water partition coefficient (Wildman–Crippen LogP) is 4.24. The SMILES string of the molecule is Cc1ccc(N2C(=O)C(=O)/C(=C(\O)c3cccc([N+](=O)[O-])c3)C2c2cccc(O)c2)cc1. The van der Waals surface area contributed by atoms with Crippen molar-refractivity contribution >= 4 is 28.8 Å². The number of aryl methyl sites for hydroxylation is 1. The molecule has 1 amide bonds. The number of phenolic OH excluding ortho intramolecular Hbond substituents is 1. The second-order valence-electron chi connectivity index (χ2n) is 7.41. The average Bonchev–Trinajstić information content (AvgIpc) is 3.04. The number of benzene rings is 3. The van der Waals surface area contributed by atoms with Crippen molar-refractivity contribution < 1.29 is 24.7 Å². The van der Waals surface area contributed by atoms with E-state index in [4.69, 9.17) is 0 Å². The highest BCUT2D eigenvalue weighted by Crippen LogP contribution is 2.43. The molecule has 0 bridgehead atoms. The van der Waals surface area contributed by atoms with E-state index in [1.54, 1.807) is 36.4 Å². The Balaban J connectivity index is 1.95. The van der Waals surface area contributed by atoms with Crippen LogP contribution in [0.2, 0.25) is 0 Å². The van der Waals surface area contributed by atoms with E-state index in [0.29, 0.717) is 11.3 Å². The van der Waals surface area contributed by atoms with Gasteiger partial charge in [0.2, 0.25) is 0 Å². The average molecular weight is 430 g/mol. The molecular formula is C24H18N2O6. The van der Waals surface area contributed by atoms with Crippen molar-refractivity contribution in [3.8, 4) is 5.75 Å². The van der Waals surface area contributed by atoms with Gasteiger partial charge >= 0.3 is 0 Å². The van der Waals surface area contributed by atoms with Crippen LogP contribution in [-0.2, 0) is 9.59 Å². The second-order valence-corrected chi connectivity index (χ2v) is 7.41. The summed E-state index contributed by atoms with van der Waals surface area (Å²) in [4.78, 5) is 37.9. The van der Waals surface area contributed by atoms with Crippen molar-refractivity contribution in [1.29, 1.82) is 0 Å². The fourth-order valence-electron chi connectivity index (χ4n) is 3.74. The Kier molecular flexibility index (Phi) is 5.19. The molecule has 160 valence electrons. The molecule has 0 radical (unpaired) electrons. The summed E-state index contributed by atoms with van der Waals surface area (Å²) in [6, 6.07) is 17.1. The third kappa shape index (κ3) is 3.58. The van der Waals surface area contributed by atoms with Gasteiger partial charge in [0.15, 0.2) is 0 Å². The van der Waals surface area contributed by atoms with E-state index in [0.717, 1.165) is 11.6 Å². The number of hydrogen-bond donors (Lipinski definition) is 2. The number of nitro groups is 1. The molecule has 1 aliphatic rings. The van der Waals surface area contributed by atoms with E-state index >= 15 is 0 Å². The van der Waals surface area contributed by atoms with Gasteiger partial charge in [-0.05, 0) is 36.8 Å². The largest absolute Gasteiger partial charge is 0.508 e. The van der Waals surface area contributed by atoms with Gasteiger partial charge in [0.25, 0.3) is 17.4 Å². The first-order valence-corrected chi connectivity index (χ1v) is 9.69. The van der Waals surface area contributed by atoms with Gasteiger partial charge in [0.05, 0.1) is 16.5 Å². The number of carbonyl (C=O) groups is 2. The van der Waals surface area contributed by atoms with E-state index in [1.807, 2.05) is 6.92 Å². The number of Topliss-reactive ketones (excluding diaryl/α,β-unsaturated/α-hetero) is 1. The van der Waals surface area contributed by atoms with E-state index in [-0.39, 0.29) is 22.6 Å². The van der Waals surface area contributed by atoms with Crippen LogP contribution < -0.4 is 4.90 Å². The standard InChI is InChI=1S/C24H18N2O6/c1-14-8-10-17(11-9-14)25-21(15-4-3-7-19(27)13-15)20(23(29)24(25)30)22(28)16-5-2-6-18(12-16)26(31)32/h2-13,21,27-28H,1H3/b22-20-. The molecule has 32 heavy (non-hydrogen) atoms. The maximum atomic E-state index is 13.1. The lowest BCUT2D eigenvalue weighted by atomic mass is 9.95. The molecule has 0 saturated carbocycles. The number of rotatable bonds is 4. The Bertz CT molecular complexity index is 1280. The molecule has 1 saturated heterocycles. The zero-order valence-electron chi connectivity index (χ0n) is 16.9. The monoisotopic (exact) mass is 430 g/mol. The Labute approximate surface area is 182 Å². The first kappa shape index (κ1) is 20.8. The van der Waals surface area contributed by atoms with Gasteiger partial charge in [-0.2, -0.15) is 0 Å². The van der Waals surface area contributed by atoms with Crippen molar-refractivity contribution in [3.63, 3.8) is 0 Å². The molecule has 1 aliphatic heterocycles. The third-order valence-electron chi connectivity index (χ3n) is 5.27. The molecule has 8 heteroatoms. The first-order valence-electron chi connectivity index (χ1n) is 9.69. The number of hydrogen-bond acceptors (Lipinski definition) is 6. The zero-order chi connectivity index (χ0) is 23.0. The van der Waals surface area contributed by atoms with E-state index in [2.05, 4.69) is 0 Å². The maximum Gasteiger partial charge on any atom is 0.300 e. The molecule has 1 atom stereocenters. The first-order chi connectivity index (χ1) is 15.3. The van der Waals surface area contributed by atoms with Crippen LogP contribution in [0.1, 0.15) is 22.7 Å².